The van der Waals surface area contributed by atoms with Crippen molar-refractivity contribution in [3.8, 4) is 5.69 Å². The van der Waals surface area contributed by atoms with E-state index < -0.39 is 28.7 Å². The molecule has 1 saturated carbocycles. The van der Waals surface area contributed by atoms with E-state index in [2.05, 4.69) is 31.9 Å². The number of carbonyl (C=O) groups is 1. The molecule has 37 heavy (non-hydrogen) atoms. The van der Waals surface area contributed by atoms with Crippen LogP contribution in [0.25, 0.3) is 16.7 Å². The number of nitrogens with zero attached hydrogens (tertiary/aromatic N) is 3. The maximum atomic E-state index is 14.7. The molecular formula is C25H22BrFN6O4. The highest BCUT2D eigenvalue weighted by molar-refractivity contribution is 9.10. The highest BCUT2D eigenvalue weighted by Gasteiger charge is 2.31. The zero-order valence-electron chi connectivity index (χ0n) is 19.8. The van der Waals surface area contributed by atoms with Crippen LogP contribution in [0.4, 0.5) is 26.2 Å². The summed E-state index contributed by atoms with van der Waals surface area (Å²) in [4.78, 5) is 52.3. The van der Waals surface area contributed by atoms with Crippen LogP contribution in [0.5, 0.6) is 0 Å². The van der Waals surface area contributed by atoms with Gasteiger partial charge in [0.25, 0.3) is 11.1 Å². The van der Waals surface area contributed by atoms with Crippen LogP contribution in [0, 0.1) is 5.82 Å². The third kappa shape index (κ3) is 4.44. The number of aryl methyl sites for hydroxylation is 1. The number of urea groups is 1. The highest BCUT2D eigenvalue weighted by Crippen LogP contribution is 2.34. The van der Waals surface area contributed by atoms with Gasteiger partial charge >= 0.3 is 11.7 Å². The lowest BCUT2D eigenvalue weighted by molar-refractivity contribution is 0.254. The summed E-state index contributed by atoms with van der Waals surface area (Å²) in [5.74, 6) is -0.591. The number of aromatic nitrogens is 3. The molecule has 0 aliphatic heterocycles. The largest absolute Gasteiger partial charge is 0.352 e. The molecule has 0 unspecified atom stereocenters. The lowest BCUT2D eigenvalue weighted by atomic mass is 10.2. The normalized spacial score (nSPS) is 13.0. The molecule has 2 aromatic carbocycles. The smallest absolute Gasteiger partial charge is 0.337 e. The van der Waals surface area contributed by atoms with Gasteiger partial charge in [-0.15, -0.1) is 0 Å². The fraction of sp³-hybridized carbons (Fsp3) is 0.200. The van der Waals surface area contributed by atoms with Gasteiger partial charge in [0.05, 0.1) is 17.1 Å². The Balaban J connectivity index is 1.84. The predicted molar refractivity (Wildman–Crippen MR) is 143 cm³/mol. The quantitative estimate of drug-likeness (QED) is 0.340. The number of nitrogens with one attached hydrogen (secondary N) is 3. The Labute approximate surface area is 217 Å². The summed E-state index contributed by atoms with van der Waals surface area (Å²) in [5.41, 5.74) is -0.789. The topological polar surface area (TPSA) is 119 Å². The molecule has 0 spiro atoms. The first-order valence-corrected chi connectivity index (χ1v) is 12.2. The number of anilines is 3. The Hall–Kier alpha value is -4.19. The van der Waals surface area contributed by atoms with Crippen molar-refractivity contribution >= 4 is 50.1 Å². The lowest BCUT2D eigenvalue weighted by Gasteiger charge is -2.19. The molecule has 0 atom stereocenters. The van der Waals surface area contributed by atoms with E-state index in [1.165, 1.54) is 46.0 Å². The van der Waals surface area contributed by atoms with Gasteiger partial charge in [0, 0.05) is 36.4 Å². The first kappa shape index (κ1) is 24.5. The van der Waals surface area contributed by atoms with Gasteiger partial charge in [-0.25, -0.2) is 18.5 Å². The van der Waals surface area contributed by atoms with E-state index in [0.29, 0.717) is 28.7 Å². The maximum absolute atomic E-state index is 14.7. The molecule has 3 N–H and O–H groups in total. The maximum Gasteiger partial charge on any atom is 0.337 e. The molecule has 1 aliphatic carbocycles. The third-order valence-corrected chi connectivity index (χ3v) is 6.65. The molecule has 1 aliphatic rings. The fourth-order valence-electron chi connectivity index (χ4n) is 4.20. The van der Waals surface area contributed by atoms with Crippen molar-refractivity contribution in [3.63, 3.8) is 0 Å². The molecule has 4 aromatic rings. The van der Waals surface area contributed by atoms with E-state index in [1.807, 2.05) is 0 Å². The van der Waals surface area contributed by atoms with Crippen LogP contribution in [-0.4, -0.2) is 26.8 Å². The van der Waals surface area contributed by atoms with Gasteiger partial charge in [0.2, 0.25) is 0 Å². The van der Waals surface area contributed by atoms with Crippen LogP contribution >= 0.6 is 15.9 Å². The number of pyridine rings is 1. The lowest BCUT2D eigenvalue weighted by Crippen LogP contribution is -2.41. The van der Waals surface area contributed by atoms with Crippen LogP contribution in [-0.2, 0) is 7.05 Å². The molecule has 5 rings (SSSR count). The highest BCUT2D eigenvalue weighted by atomic mass is 79.9. The van der Waals surface area contributed by atoms with Gasteiger partial charge in [0.1, 0.15) is 16.9 Å². The van der Waals surface area contributed by atoms with E-state index in [0.717, 1.165) is 0 Å². The van der Waals surface area contributed by atoms with Gasteiger partial charge < -0.3 is 16.0 Å². The standard InChI is InChI=1S/C25H22BrFN6O4/c1-28-24(36)29-14-4-3-5-16(11-14)32-22-21(23(35)33(25(32)37)15-7-8-15)19(12-20(34)31(22)2)30-18-9-6-13(26)10-17(18)27/h3-6,9-12,15,30H,7-8H2,1-2H3,(H2,28,29,36). The van der Waals surface area contributed by atoms with Gasteiger partial charge in [-0.3, -0.25) is 18.7 Å². The minimum absolute atomic E-state index is 0.0384. The van der Waals surface area contributed by atoms with Crippen molar-refractivity contribution in [2.75, 3.05) is 17.7 Å². The Morgan fingerprint density at radius 2 is 1.81 bits per heavy atom. The zero-order valence-corrected chi connectivity index (χ0v) is 21.4. The van der Waals surface area contributed by atoms with Gasteiger partial charge in [-0.1, -0.05) is 22.0 Å². The van der Waals surface area contributed by atoms with E-state index in [4.69, 9.17) is 0 Å². The van der Waals surface area contributed by atoms with Crippen LogP contribution in [0.15, 0.2) is 67.4 Å². The number of halogens is 2. The van der Waals surface area contributed by atoms with Crippen molar-refractivity contribution < 1.29 is 9.18 Å². The Morgan fingerprint density at radius 1 is 1.05 bits per heavy atom. The van der Waals surface area contributed by atoms with Gasteiger partial charge in [-0.05, 0) is 49.2 Å². The number of hydrogen-bond donors (Lipinski definition) is 3. The summed E-state index contributed by atoms with van der Waals surface area (Å²) < 4.78 is 18.8. The van der Waals surface area contributed by atoms with E-state index >= 15 is 0 Å². The molecule has 1 fully saturated rings. The molecule has 0 bridgehead atoms. The van der Waals surface area contributed by atoms with E-state index in [-0.39, 0.29) is 28.5 Å². The molecule has 0 radical (unpaired) electrons. The van der Waals surface area contributed by atoms with Crippen LogP contribution in [0.1, 0.15) is 18.9 Å². The van der Waals surface area contributed by atoms with Gasteiger partial charge in [0.15, 0.2) is 0 Å². The summed E-state index contributed by atoms with van der Waals surface area (Å²) in [6.07, 6.45) is 1.32. The fourth-order valence-corrected chi connectivity index (χ4v) is 4.53. The number of amides is 2. The molecular weight excluding hydrogens is 547 g/mol. The van der Waals surface area contributed by atoms with Crippen molar-refractivity contribution in [1.29, 1.82) is 0 Å². The average Bonchev–Trinajstić information content (AvgIpc) is 3.69. The Kier molecular flexibility index (Phi) is 6.20. The summed E-state index contributed by atoms with van der Waals surface area (Å²) >= 11 is 3.21. The van der Waals surface area contributed by atoms with Crippen molar-refractivity contribution in [2.45, 2.75) is 18.9 Å². The number of fused-ring (bicyclic) bond motifs is 1. The Morgan fingerprint density at radius 3 is 2.49 bits per heavy atom. The van der Waals surface area contributed by atoms with Crippen LogP contribution < -0.4 is 32.8 Å². The second-order valence-electron chi connectivity index (χ2n) is 8.68. The second kappa shape index (κ2) is 9.36. The molecule has 0 saturated heterocycles. The first-order chi connectivity index (χ1) is 17.7. The first-order valence-electron chi connectivity index (χ1n) is 11.4. The third-order valence-electron chi connectivity index (χ3n) is 6.15. The molecule has 12 heteroatoms. The molecule has 10 nitrogen and oxygen atoms in total. The molecule has 190 valence electrons. The van der Waals surface area contributed by atoms with Crippen molar-refractivity contribution in [1.82, 2.24) is 19.0 Å². The minimum atomic E-state index is -0.612. The van der Waals surface area contributed by atoms with Gasteiger partial charge in [-0.2, -0.15) is 0 Å². The number of benzene rings is 2. The Bertz CT molecular complexity index is 1760. The van der Waals surface area contributed by atoms with E-state index in [9.17, 15) is 23.6 Å². The second-order valence-corrected chi connectivity index (χ2v) is 9.60. The zero-order chi connectivity index (χ0) is 26.4. The SMILES string of the molecule is CNC(=O)Nc1cccc(-n2c(=O)n(C3CC3)c(=O)c3c(Nc4ccc(Br)cc4F)cc(=O)n(C)c32)c1. The van der Waals surface area contributed by atoms with Crippen LogP contribution in [0.2, 0.25) is 0 Å². The summed E-state index contributed by atoms with van der Waals surface area (Å²) in [6, 6.07) is 11.3. The molecule has 2 amide bonds. The predicted octanol–water partition coefficient (Wildman–Crippen LogP) is 3.58. The molecule has 2 heterocycles. The van der Waals surface area contributed by atoms with Crippen molar-refractivity contribution in [3.05, 3.63) is 90.0 Å². The number of hydrogen-bond acceptors (Lipinski definition) is 5. The summed E-state index contributed by atoms with van der Waals surface area (Å²) in [5, 5.41) is 8.04. The molecule has 2 aromatic heterocycles. The number of carbonyl (C=O) groups excluding carboxylic acids is 1. The minimum Gasteiger partial charge on any atom is -0.352 e. The average molecular weight is 569 g/mol. The van der Waals surface area contributed by atoms with E-state index in [1.54, 1.807) is 30.3 Å². The van der Waals surface area contributed by atoms with Crippen LogP contribution in [0.3, 0.4) is 0 Å². The number of rotatable bonds is 5. The summed E-state index contributed by atoms with van der Waals surface area (Å²) in [7, 11) is 2.93. The summed E-state index contributed by atoms with van der Waals surface area (Å²) in [6.45, 7) is 0. The van der Waals surface area contributed by atoms with Crippen molar-refractivity contribution in [2.24, 2.45) is 7.05 Å². The monoisotopic (exact) mass is 568 g/mol.